The summed E-state index contributed by atoms with van der Waals surface area (Å²) >= 11 is 0. The zero-order chi connectivity index (χ0) is 20.9. The van der Waals surface area contributed by atoms with E-state index in [1.54, 1.807) is 0 Å². The lowest BCUT2D eigenvalue weighted by molar-refractivity contribution is -0.273. The second kappa shape index (κ2) is 6.70. The van der Waals surface area contributed by atoms with Gasteiger partial charge >= 0.3 is 0 Å². The number of ether oxygens (including phenoxy) is 2. The molecular formula is C27H44O3. The Morgan fingerprint density at radius 1 is 0.833 bits per heavy atom. The fourth-order valence-corrected chi connectivity index (χ4v) is 10.3. The van der Waals surface area contributed by atoms with Gasteiger partial charge in [-0.15, -0.1) is 0 Å². The van der Waals surface area contributed by atoms with Gasteiger partial charge in [0.15, 0.2) is 5.79 Å². The van der Waals surface area contributed by atoms with Gasteiger partial charge in [0, 0.05) is 12.3 Å². The fraction of sp³-hybridized carbons (Fsp3) is 1.00. The maximum atomic E-state index is 10.3. The van der Waals surface area contributed by atoms with E-state index in [0.29, 0.717) is 34.7 Å². The average molecular weight is 417 g/mol. The van der Waals surface area contributed by atoms with Crippen molar-refractivity contribution in [2.75, 3.05) is 6.61 Å². The molecule has 6 fully saturated rings. The standard InChI is InChI=1S/C27H44O3/c1-16-7-12-27(29-15-16)17(2)24-23(30-27)14-22-20-6-5-18-13-19(28)8-10-25(18,3)21(20)9-11-26(22,24)4/h16-24,28H,5-15H2,1-4H3/t16?,17-,18+,19-,20+,21-,22-,23-,24?,25-,26-,27+/m0/s1. The maximum absolute atomic E-state index is 10.3. The van der Waals surface area contributed by atoms with Crippen molar-refractivity contribution < 1.29 is 14.6 Å². The Morgan fingerprint density at radius 3 is 2.40 bits per heavy atom. The van der Waals surface area contributed by atoms with Crippen molar-refractivity contribution >= 4 is 0 Å². The van der Waals surface area contributed by atoms with Crippen molar-refractivity contribution in [3.63, 3.8) is 0 Å². The highest BCUT2D eigenvalue weighted by Crippen LogP contribution is 2.71. The lowest BCUT2D eigenvalue weighted by atomic mass is 9.44. The predicted molar refractivity (Wildman–Crippen MR) is 118 cm³/mol. The molecular weight excluding hydrogens is 372 g/mol. The van der Waals surface area contributed by atoms with Crippen LogP contribution >= 0.6 is 0 Å². The average Bonchev–Trinajstić information content (AvgIpc) is 3.16. The number of rotatable bonds is 0. The third kappa shape index (κ3) is 2.61. The summed E-state index contributed by atoms with van der Waals surface area (Å²) in [6, 6.07) is 0. The van der Waals surface area contributed by atoms with Crippen LogP contribution in [0.2, 0.25) is 0 Å². The molecule has 0 aromatic heterocycles. The highest BCUT2D eigenvalue weighted by Gasteiger charge is 2.69. The molecule has 4 saturated carbocycles. The highest BCUT2D eigenvalue weighted by molar-refractivity contribution is 5.15. The highest BCUT2D eigenvalue weighted by atomic mass is 16.7. The Kier molecular flexibility index (Phi) is 4.58. The lowest BCUT2D eigenvalue weighted by Crippen LogP contribution is -2.55. The van der Waals surface area contributed by atoms with Crippen LogP contribution in [-0.4, -0.2) is 29.7 Å². The van der Waals surface area contributed by atoms with Gasteiger partial charge in [-0.05, 0) is 104 Å². The first-order valence-electron chi connectivity index (χ1n) is 13.3. The van der Waals surface area contributed by atoms with E-state index in [9.17, 15) is 5.11 Å². The molecule has 2 heterocycles. The van der Waals surface area contributed by atoms with Gasteiger partial charge in [0.25, 0.3) is 0 Å². The molecule has 0 aromatic carbocycles. The Morgan fingerprint density at radius 2 is 1.63 bits per heavy atom. The Bertz CT molecular complexity index is 684. The fourth-order valence-electron chi connectivity index (χ4n) is 10.3. The van der Waals surface area contributed by atoms with Crippen LogP contribution < -0.4 is 0 Å². The van der Waals surface area contributed by atoms with Crippen LogP contribution in [0.1, 0.15) is 91.9 Å². The molecule has 0 aromatic rings. The molecule has 1 spiro atoms. The SMILES string of the molecule is CC1CC[C@@]2(OC1)O[C@H]1C[C@H]3[C@@H]4CC[C@@H]5C[C@@H](O)CC[C@]5(C)[C@H]4CC[C@]3(C)C1[C@@H]2C. The Labute approximate surface area is 183 Å². The van der Waals surface area contributed by atoms with Crippen molar-refractivity contribution in [3.8, 4) is 0 Å². The zero-order valence-electron chi connectivity index (χ0n) is 19.7. The third-order valence-corrected chi connectivity index (χ3v) is 11.9. The van der Waals surface area contributed by atoms with Gasteiger partial charge in [0.05, 0.1) is 18.8 Å². The maximum Gasteiger partial charge on any atom is 0.171 e. The summed E-state index contributed by atoms with van der Waals surface area (Å²) in [5.74, 6) is 4.93. The van der Waals surface area contributed by atoms with E-state index in [1.807, 2.05) is 0 Å². The molecule has 0 amide bonds. The first kappa shape index (κ1) is 20.5. The van der Waals surface area contributed by atoms with E-state index >= 15 is 0 Å². The van der Waals surface area contributed by atoms with Gasteiger partial charge in [0.2, 0.25) is 0 Å². The van der Waals surface area contributed by atoms with Crippen LogP contribution in [0.4, 0.5) is 0 Å². The molecule has 2 saturated heterocycles. The number of hydrogen-bond donors (Lipinski definition) is 1. The molecule has 30 heavy (non-hydrogen) atoms. The summed E-state index contributed by atoms with van der Waals surface area (Å²) in [7, 11) is 0. The largest absolute Gasteiger partial charge is 0.393 e. The van der Waals surface area contributed by atoms with Gasteiger partial charge < -0.3 is 14.6 Å². The second-order valence-corrected chi connectivity index (χ2v) is 13.1. The van der Waals surface area contributed by atoms with E-state index in [4.69, 9.17) is 9.47 Å². The van der Waals surface area contributed by atoms with Crippen LogP contribution in [0.5, 0.6) is 0 Å². The summed E-state index contributed by atoms with van der Waals surface area (Å²) in [4.78, 5) is 0. The summed E-state index contributed by atoms with van der Waals surface area (Å²) in [6.45, 7) is 10.9. The van der Waals surface area contributed by atoms with E-state index in [-0.39, 0.29) is 11.9 Å². The minimum Gasteiger partial charge on any atom is -0.393 e. The number of aliphatic hydroxyl groups excluding tert-OH is 1. The zero-order valence-corrected chi connectivity index (χ0v) is 19.7. The molecule has 6 rings (SSSR count). The van der Waals surface area contributed by atoms with Gasteiger partial charge in [-0.1, -0.05) is 27.7 Å². The van der Waals surface area contributed by atoms with Crippen molar-refractivity contribution in [1.82, 2.24) is 0 Å². The van der Waals surface area contributed by atoms with Crippen LogP contribution in [0.3, 0.4) is 0 Å². The smallest absolute Gasteiger partial charge is 0.171 e. The van der Waals surface area contributed by atoms with Crippen LogP contribution in [0.15, 0.2) is 0 Å². The van der Waals surface area contributed by atoms with E-state index < -0.39 is 0 Å². The van der Waals surface area contributed by atoms with Gasteiger partial charge in [-0.2, -0.15) is 0 Å². The molecule has 1 N–H and O–H groups in total. The normalized spacial score (nSPS) is 62.5. The monoisotopic (exact) mass is 416 g/mol. The third-order valence-electron chi connectivity index (χ3n) is 11.9. The van der Waals surface area contributed by atoms with Gasteiger partial charge in [0.1, 0.15) is 0 Å². The minimum atomic E-state index is -0.282. The number of fused-ring (bicyclic) bond motifs is 7. The first-order chi connectivity index (χ1) is 14.3. The molecule has 3 heteroatoms. The van der Waals surface area contributed by atoms with Crippen molar-refractivity contribution in [2.24, 2.45) is 52.3 Å². The Balaban J connectivity index is 1.26. The first-order valence-corrected chi connectivity index (χ1v) is 13.3. The minimum absolute atomic E-state index is 0.0389. The van der Waals surface area contributed by atoms with Gasteiger partial charge in [-0.3, -0.25) is 0 Å². The summed E-state index contributed by atoms with van der Waals surface area (Å²) in [5, 5.41) is 10.3. The summed E-state index contributed by atoms with van der Waals surface area (Å²) in [6.07, 6.45) is 12.9. The van der Waals surface area contributed by atoms with Crippen LogP contribution in [0, 0.1) is 52.3 Å². The van der Waals surface area contributed by atoms with Crippen molar-refractivity contribution in [2.45, 2.75) is 110 Å². The molecule has 170 valence electrons. The molecule has 3 nitrogen and oxygen atoms in total. The molecule has 6 aliphatic rings. The second-order valence-electron chi connectivity index (χ2n) is 13.1. The van der Waals surface area contributed by atoms with Crippen molar-refractivity contribution in [3.05, 3.63) is 0 Å². The molecule has 4 aliphatic carbocycles. The molecule has 2 unspecified atom stereocenters. The molecule has 2 aliphatic heterocycles. The van der Waals surface area contributed by atoms with Gasteiger partial charge in [-0.25, -0.2) is 0 Å². The van der Waals surface area contributed by atoms with Crippen LogP contribution in [-0.2, 0) is 9.47 Å². The topological polar surface area (TPSA) is 38.7 Å². The van der Waals surface area contributed by atoms with E-state index in [0.717, 1.165) is 49.5 Å². The lowest BCUT2D eigenvalue weighted by Gasteiger charge is -2.61. The van der Waals surface area contributed by atoms with E-state index in [2.05, 4.69) is 27.7 Å². The quantitative estimate of drug-likeness (QED) is 0.543. The molecule has 0 radical (unpaired) electrons. The van der Waals surface area contributed by atoms with E-state index in [1.165, 1.54) is 44.9 Å². The number of hydrogen-bond acceptors (Lipinski definition) is 3. The Hall–Kier alpha value is -0.120. The summed E-state index contributed by atoms with van der Waals surface area (Å²) < 4.78 is 13.4. The molecule has 12 atom stereocenters. The predicted octanol–water partition coefficient (Wildman–Crippen LogP) is 5.79. The van der Waals surface area contributed by atoms with Crippen molar-refractivity contribution in [1.29, 1.82) is 0 Å². The molecule has 0 bridgehead atoms. The van der Waals surface area contributed by atoms with Crippen LogP contribution in [0.25, 0.3) is 0 Å². The number of aliphatic hydroxyl groups is 1. The summed E-state index contributed by atoms with van der Waals surface area (Å²) in [5.41, 5.74) is 0.899.